The van der Waals surface area contributed by atoms with Gasteiger partial charge in [-0.15, -0.1) is 0 Å². The van der Waals surface area contributed by atoms with Gasteiger partial charge < -0.3 is 0 Å². The lowest BCUT2D eigenvalue weighted by Gasteiger charge is -2.10. The predicted octanol–water partition coefficient (Wildman–Crippen LogP) is 1.23. The van der Waals surface area contributed by atoms with Crippen molar-refractivity contribution in [3.05, 3.63) is 28.8 Å². The highest BCUT2D eigenvalue weighted by atomic mass is 32.2. The van der Waals surface area contributed by atoms with Gasteiger partial charge in [-0.05, 0) is 31.9 Å². The zero-order valence-corrected chi connectivity index (χ0v) is 9.89. The van der Waals surface area contributed by atoms with Crippen molar-refractivity contribution in [1.29, 1.82) is 0 Å². The van der Waals surface area contributed by atoms with Gasteiger partial charge in [0.05, 0.1) is 4.90 Å². The zero-order chi connectivity index (χ0) is 11.6. The van der Waals surface area contributed by atoms with Crippen molar-refractivity contribution in [1.82, 2.24) is 0 Å². The van der Waals surface area contributed by atoms with Crippen molar-refractivity contribution >= 4 is 9.84 Å². The van der Waals surface area contributed by atoms with Crippen molar-refractivity contribution in [2.75, 3.05) is 5.94 Å². The van der Waals surface area contributed by atoms with E-state index in [-0.39, 0.29) is 0 Å². The van der Waals surface area contributed by atoms with Crippen molar-refractivity contribution in [2.24, 2.45) is 5.90 Å². The summed E-state index contributed by atoms with van der Waals surface area (Å²) in [6.07, 6.45) is 0. The van der Waals surface area contributed by atoms with Crippen LogP contribution in [0.4, 0.5) is 0 Å². The first-order chi connectivity index (χ1) is 6.88. The molecule has 1 rings (SSSR count). The van der Waals surface area contributed by atoms with E-state index in [2.05, 4.69) is 4.84 Å². The minimum Gasteiger partial charge on any atom is -0.288 e. The maximum absolute atomic E-state index is 11.8. The molecule has 0 radical (unpaired) electrons. The van der Waals surface area contributed by atoms with E-state index >= 15 is 0 Å². The molecule has 0 bridgehead atoms. The molecule has 15 heavy (non-hydrogen) atoms. The molecule has 0 aliphatic rings. The fraction of sp³-hybridized carbons (Fsp3) is 0.400. The summed E-state index contributed by atoms with van der Waals surface area (Å²) in [6.45, 7) is 5.46. The maximum atomic E-state index is 11.8. The largest absolute Gasteiger partial charge is 0.288 e. The van der Waals surface area contributed by atoms with Crippen LogP contribution in [-0.2, 0) is 14.7 Å². The minimum absolute atomic E-state index is 0.318. The monoisotopic (exact) mass is 229 g/mol. The Labute approximate surface area is 89.9 Å². The first-order valence-electron chi connectivity index (χ1n) is 4.51. The summed E-state index contributed by atoms with van der Waals surface area (Å²) < 4.78 is 23.6. The van der Waals surface area contributed by atoms with E-state index in [1.807, 2.05) is 19.1 Å². The van der Waals surface area contributed by atoms with Crippen molar-refractivity contribution < 1.29 is 13.3 Å². The van der Waals surface area contributed by atoms with Crippen LogP contribution >= 0.6 is 0 Å². The van der Waals surface area contributed by atoms with Gasteiger partial charge in [-0.1, -0.05) is 17.7 Å². The maximum Gasteiger partial charge on any atom is 0.204 e. The summed E-state index contributed by atoms with van der Waals surface area (Å²) in [7, 11) is -3.44. The number of sulfone groups is 1. The van der Waals surface area contributed by atoms with Gasteiger partial charge in [0.25, 0.3) is 0 Å². The average molecular weight is 229 g/mol. The van der Waals surface area contributed by atoms with Gasteiger partial charge in [0.1, 0.15) is 0 Å². The first kappa shape index (κ1) is 12.2. The van der Waals surface area contributed by atoms with Gasteiger partial charge in [-0.2, -0.15) is 0 Å². The number of benzene rings is 1. The van der Waals surface area contributed by atoms with E-state index in [1.54, 1.807) is 13.8 Å². The molecule has 0 saturated carbocycles. The fourth-order valence-electron chi connectivity index (χ4n) is 1.81. The molecular formula is C10H15NO3S. The van der Waals surface area contributed by atoms with Crippen LogP contribution in [0.1, 0.15) is 16.7 Å². The van der Waals surface area contributed by atoms with Gasteiger partial charge in [0.2, 0.25) is 9.84 Å². The lowest BCUT2D eigenvalue weighted by Crippen LogP contribution is -2.15. The van der Waals surface area contributed by atoms with Crippen molar-refractivity contribution in [3.8, 4) is 0 Å². The molecule has 84 valence electrons. The summed E-state index contributed by atoms with van der Waals surface area (Å²) in [5.41, 5.74) is 2.49. The number of nitrogens with two attached hydrogens (primary N) is 1. The van der Waals surface area contributed by atoms with E-state index < -0.39 is 15.8 Å². The van der Waals surface area contributed by atoms with Gasteiger partial charge in [0, 0.05) is 0 Å². The van der Waals surface area contributed by atoms with E-state index in [0.717, 1.165) is 16.7 Å². The molecular weight excluding hydrogens is 214 g/mol. The third kappa shape index (κ3) is 2.56. The highest BCUT2D eigenvalue weighted by Crippen LogP contribution is 2.22. The molecule has 0 spiro atoms. The van der Waals surface area contributed by atoms with Crippen LogP contribution < -0.4 is 5.90 Å². The average Bonchev–Trinajstić information content (AvgIpc) is 1.99. The number of rotatable bonds is 3. The van der Waals surface area contributed by atoms with Crippen LogP contribution in [0.5, 0.6) is 0 Å². The van der Waals surface area contributed by atoms with Crippen LogP contribution in [-0.4, -0.2) is 14.4 Å². The Morgan fingerprint density at radius 1 is 1.20 bits per heavy atom. The van der Waals surface area contributed by atoms with Gasteiger partial charge in [-0.3, -0.25) is 4.84 Å². The second-order valence-corrected chi connectivity index (χ2v) is 5.50. The van der Waals surface area contributed by atoms with Crippen LogP contribution in [0.2, 0.25) is 0 Å². The lowest BCUT2D eigenvalue weighted by atomic mass is 10.1. The topological polar surface area (TPSA) is 69.4 Å². The van der Waals surface area contributed by atoms with Crippen molar-refractivity contribution in [3.63, 3.8) is 0 Å². The Morgan fingerprint density at radius 3 is 2.07 bits per heavy atom. The summed E-state index contributed by atoms with van der Waals surface area (Å²) in [6, 6.07) is 3.66. The summed E-state index contributed by atoms with van der Waals surface area (Å²) in [5.74, 6) is 4.31. The molecule has 0 atom stereocenters. The number of hydrogen-bond donors (Lipinski definition) is 1. The molecule has 0 heterocycles. The number of hydrogen-bond acceptors (Lipinski definition) is 4. The molecule has 1 aromatic rings. The van der Waals surface area contributed by atoms with E-state index in [0.29, 0.717) is 4.90 Å². The van der Waals surface area contributed by atoms with Gasteiger partial charge in [0.15, 0.2) is 5.94 Å². The van der Waals surface area contributed by atoms with E-state index in [1.165, 1.54) is 0 Å². The van der Waals surface area contributed by atoms with Crippen LogP contribution in [0.25, 0.3) is 0 Å². The third-order valence-electron chi connectivity index (χ3n) is 2.14. The second kappa shape index (κ2) is 4.30. The van der Waals surface area contributed by atoms with E-state index in [9.17, 15) is 8.42 Å². The standard InChI is InChI=1S/C10H15NO3S/c1-7-4-8(2)10(9(3)5-7)15(12,13)6-14-11/h4-5H,6,11H2,1-3H3. The molecule has 0 aromatic heterocycles. The molecule has 1 aromatic carbocycles. The Balaban J connectivity index is 3.38. The highest BCUT2D eigenvalue weighted by molar-refractivity contribution is 7.91. The smallest absolute Gasteiger partial charge is 0.204 e. The molecule has 0 fully saturated rings. The summed E-state index contributed by atoms with van der Waals surface area (Å²) >= 11 is 0. The lowest BCUT2D eigenvalue weighted by molar-refractivity contribution is 0.183. The van der Waals surface area contributed by atoms with Gasteiger partial charge >= 0.3 is 0 Å². The molecule has 2 N–H and O–H groups in total. The Morgan fingerprint density at radius 2 is 1.67 bits per heavy atom. The normalized spacial score (nSPS) is 11.7. The zero-order valence-electron chi connectivity index (χ0n) is 9.07. The SMILES string of the molecule is Cc1cc(C)c(S(=O)(=O)CON)c(C)c1. The fourth-order valence-corrected chi connectivity index (χ4v) is 3.20. The van der Waals surface area contributed by atoms with Crippen molar-refractivity contribution in [2.45, 2.75) is 25.7 Å². The summed E-state index contributed by atoms with van der Waals surface area (Å²) in [4.78, 5) is 4.53. The molecule has 5 heteroatoms. The minimum atomic E-state index is -3.44. The molecule has 4 nitrogen and oxygen atoms in total. The molecule has 0 aliphatic carbocycles. The van der Waals surface area contributed by atoms with E-state index in [4.69, 9.17) is 5.90 Å². The Hall–Kier alpha value is -0.910. The molecule has 0 amide bonds. The molecule has 0 aliphatic heterocycles. The summed E-state index contributed by atoms with van der Waals surface area (Å²) in [5, 5.41) is 0. The Bertz CT molecular complexity index is 443. The first-order valence-corrected chi connectivity index (χ1v) is 6.16. The molecule has 0 saturated heterocycles. The quantitative estimate of drug-likeness (QED) is 0.791. The second-order valence-electron chi connectivity index (χ2n) is 3.63. The highest BCUT2D eigenvalue weighted by Gasteiger charge is 2.19. The molecule has 0 unspecified atom stereocenters. The van der Waals surface area contributed by atoms with Crippen LogP contribution in [0.15, 0.2) is 17.0 Å². The van der Waals surface area contributed by atoms with Gasteiger partial charge in [-0.25, -0.2) is 14.3 Å². The Kier molecular flexibility index (Phi) is 3.49. The number of aryl methyl sites for hydroxylation is 3. The van der Waals surface area contributed by atoms with Crippen LogP contribution in [0, 0.1) is 20.8 Å². The predicted molar refractivity (Wildman–Crippen MR) is 58.0 cm³/mol. The third-order valence-corrected chi connectivity index (χ3v) is 3.85. The van der Waals surface area contributed by atoms with Crippen LogP contribution in [0.3, 0.4) is 0 Å².